The Labute approximate surface area is 323 Å². The number of para-hydroxylation sites is 1. The van der Waals surface area contributed by atoms with Gasteiger partial charge in [-0.3, -0.25) is 9.59 Å². The van der Waals surface area contributed by atoms with Gasteiger partial charge in [-0.05, 0) is 56.0 Å². The van der Waals surface area contributed by atoms with Gasteiger partial charge in [-0.2, -0.15) is 0 Å². The molecule has 2 aromatic rings. The fourth-order valence-electron chi connectivity index (χ4n) is 6.60. The van der Waals surface area contributed by atoms with Crippen molar-refractivity contribution in [3.63, 3.8) is 0 Å². The molecular formula is C42H56O13. The third kappa shape index (κ3) is 11.5. The summed E-state index contributed by atoms with van der Waals surface area (Å²) in [5, 5.41) is 22.9. The molecule has 2 heterocycles. The fraction of sp³-hybridized carbons (Fsp3) is 0.571. The van der Waals surface area contributed by atoms with Crippen LogP contribution in [0.15, 0.2) is 54.1 Å². The number of aliphatic hydroxyl groups is 2. The van der Waals surface area contributed by atoms with E-state index in [2.05, 4.69) is 6.92 Å². The molecule has 2 aliphatic heterocycles. The maximum Gasteiger partial charge on any atom is 0.341 e. The number of fused-ring (bicyclic) bond motifs is 3. The van der Waals surface area contributed by atoms with E-state index in [1.807, 2.05) is 38.1 Å². The van der Waals surface area contributed by atoms with Crippen molar-refractivity contribution < 1.29 is 62.5 Å². The van der Waals surface area contributed by atoms with Crippen LogP contribution in [0.2, 0.25) is 0 Å². The number of methoxy groups -OCH3 is 1. The Bertz CT molecular complexity index is 1660. The Morgan fingerprint density at radius 2 is 1.76 bits per heavy atom. The molecule has 0 aromatic heterocycles. The average molecular weight is 769 g/mol. The molecule has 0 saturated carbocycles. The lowest BCUT2D eigenvalue weighted by molar-refractivity contribution is -0.340. The van der Waals surface area contributed by atoms with Gasteiger partial charge < -0.3 is 43.4 Å². The zero-order valence-corrected chi connectivity index (χ0v) is 32.8. The molecule has 0 radical (unpaired) electrons. The van der Waals surface area contributed by atoms with Gasteiger partial charge in [0.2, 0.25) is 5.79 Å². The number of benzene rings is 2. The van der Waals surface area contributed by atoms with Gasteiger partial charge in [0.05, 0.1) is 44.4 Å². The average Bonchev–Trinajstić information content (AvgIpc) is 3.14. The summed E-state index contributed by atoms with van der Waals surface area (Å²) in [7, 11) is 1.19. The standard InChI is InChI=1S/C42H56O13/c1-7-8-9-10-11-16-36(44)54-39-29(23-38(46)49-6)21-30-24-31(25-43)53-37(45)19-20-50-34-18-17-28(32-14-12-13-15-35(32)52-27(2)3)22-33(34)40(47)51-26-41(4,5)42(39,48)55-30/h12-15,17-18,22-23,27,30-31,39,43,48H,7-11,16,19-21,24-26H2,1-6H3/b29-23+/t30-,31+,39-,42+/m0/s1. The number of aliphatic hydroxyl groups excluding tert-OH is 1. The maximum atomic E-state index is 14.0. The summed E-state index contributed by atoms with van der Waals surface area (Å²) < 4.78 is 40.6. The highest BCUT2D eigenvalue weighted by Crippen LogP contribution is 2.46. The molecule has 2 bridgehead atoms. The number of rotatable bonds is 12. The second kappa shape index (κ2) is 19.9. The Morgan fingerprint density at radius 1 is 1.02 bits per heavy atom. The van der Waals surface area contributed by atoms with Gasteiger partial charge in [0.15, 0.2) is 6.10 Å². The molecular weight excluding hydrogens is 712 g/mol. The molecule has 2 aliphatic rings. The van der Waals surface area contributed by atoms with Crippen LogP contribution in [0.3, 0.4) is 0 Å². The van der Waals surface area contributed by atoms with E-state index in [0.717, 1.165) is 31.8 Å². The van der Waals surface area contributed by atoms with E-state index >= 15 is 0 Å². The van der Waals surface area contributed by atoms with Gasteiger partial charge in [-0.1, -0.05) is 70.7 Å². The molecule has 4 atom stereocenters. The van der Waals surface area contributed by atoms with Crippen molar-refractivity contribution in [2.24, 2.45) is 5.41 Å². The van der Waals surface area contributed by atoms with Gasteiger partial charge in [-0.15, -0.1) is 0 Å². The highest BCUT2D eigenvalue weighted by Gasteiger charge is 2.59. The lowest BCUT2D eigenvalue weighted by Crippen LogP contribution is -2.63. The zero-order valence-electron chi connectivity index (χ0n) is 32.8. The van der Waals surface area contributed by atoms with Crippen LogP contribution in [0.1, 0.15) is 103 Å². The largest absolute Gasteiger partial charge is 0.492 e. The second-order valence-electron chi connectivity index (χ2n) is 14.9. The number of hydrogen-bond acceptors (Lipinski definition) is 13. The summed E-state index contributed by atoms with van der Waals surface area (Å²) in [4.78, 5) is 53.0. The van der Waals surface area contributed by atoms with Gasteiger partial charge in [-0.25, -0.2) is 9.59 Å². The molecule has 0 unspecified atom stereocenters. The number of esters is 4. The number of ether oxygens (including phenoxy) is 7. The number of carbonyl (C=O) groups excluding carboxylic acids is 4. The summed E-state index contributed by atoms with van der Waals surface area (Å²) in [5.74, 6) is -4.53. The van der Waals surface area contributed by atoms with Gasteiger partial charge in [0.25, 0.3) is 0 Å². The molecule has 2 N–H and O–H groups in total. The van der Waals surface area contributed by atoms with Crippen LogP contribution < -0.4 is 9.47 Å². The molecule has 13 heteroatoms. The van der Waals surface area contributed by atoms with Crippen LogP contribution in [0.4, 0.5) is 0 Å². The van der Waals surface area contributed by atoms with E-state index < -0.39 is 66.6 Å². The first-order chi connectivity index (χ1) is 26.2. The first-order valence-corrected chi connectivity index (χ1v) is 19.1. The maximum absolute atomic E-state index is 14.0. The van der Waals surface area contributed by atoms with Crippen LogP contribution in [-0.2, 0) is 38.1 Å². The predicted molar refractivity (Wildman–Crippen MR) is 201 cm³/mol. The highest BCUT2D eigenvalue weighted by atomic mass is 16.7. The minimum atomic E-state index is -2.40. The SMILES string of the molecule is CCCCCCCC(=O)O[C@H]1/C(=C/C(=O)OC)C[C@H]2C[C@H](CO)OC(=O)CCOc3ccc(-c4ccccc4OC(C)C)cc3C(=O)OCC(C)(C)[C@]1(O)O2. The van der Waals surface area contributed by atoms with E-state index in [1.54, 1.807) is 32.0 Å². The number of unbranched alkanes of at least 4 members (excludes halogenated alkanes) is 4. The molecule has 2 aromatic carbocycles. The molecule has 0 amide bonds. The zero-order chi connectivity index (χ0) is 40.2. The van der Waals surface area contributed by atoms with Crippen LogP contribution in [0, 0.1) is 5.41 Å². The first kappa shape index (κ1) is 43.3. The molecule has 55 heavy (non-hydrogen) atoms. The van der Waals surface area contributed by atoms with Crippen LogP contribution in [-0.4, -0.2) is 91.2 Å². The third-order valence-corrected chi connectivity index (χ3v) is 9.63. The number of hydrogen-bond donors (Lipinski definition) is 2. The van der Waals surface area contributed by atoms with E-state index in [0.29, 0.717) is 23.3 Å². The van der Waals surface area contributed by atoms with Crippen LogP contribution in [0.5, 0.6) is 11.5 Å². The number of cyclic esters (lactones) is 2. The summed E-state index contributed by atoms with van der Waals surface area (Å²) in [6, 6.07) is 12.3. The quantitative estimate of drug-likeness (QED) is 0.108. The van der Waals surface area contributed by atoms with Crippen molar-refractivity contribution in [2.45, 2.75) is 123 Å². The second-order valence-corrected chi connectivity index (χ2v) is 14.9. The van der Waals surface area contributed by atoms with Crippen molar-refractivity contribution in [3.05, 3.63) is 59.7 Å². The van der Waals surface area contributed by atoms with Crippen molar-refractivity contribution in [3.8, 4) is 22.6 Å². The molecule has 0 aliphatic carbocycles. The normalized spacial score (nSPS) is 23.9. The van der Waals surface area contributed by atoms with Gasteiger partial charge in [0, 0.05) is 24.5 Å². The Hall–Kier alpha value is -4.46. The van der Waals surface area contributed by atoms with Gasteiger partial charge >= 0.3 is 23.9 Å². The first-order valence-electron chi connectivity index (χ1n) is 19.1. The number of carbonyl (C=O) groups is 4. The summed E-state index contributed by atoms with van der Waals surface area (Å²) in [6.07, 6.45) is 1.60. The Kier molecular flexibility index (Phi) is 15.7. The van der Waals surface area contributed by atoms with Crippen molar-refractivity contribution in [2.75, 3.05) is 26.9 Å². The fourth-order valence-corrected chi connectivity index (χ4v) is 6.60. The Balaban J connectivity index is 1.76. The van der Waals surface area contributed by atoms with E-state index in [-0.39, 0.29) is 55.3 Å². The van der Waals surface area contributed by atoms with Crippen molar-refractivity contribution in [1.82, 2.24) is 0 Å². The molecule has 4 rings (SSSR count). The molecule has 0 spiro atoms. The summed E-state index contributed by atoms with van der Waals surface area (Å²) >= 11 is 0. The minimum Gasteiger partial charge on any atom is -0.492 e. The van der Waals surface area contributed by atoms with Crippen LogP contribution >= 0.6 is 0 Å². The van der Waals surface area contributed by atoms with Gasteiger partial charge in [0.1, 0.15) is 29.8 Å². The van der Waals surface area contributed by atoms with E-state index in [4.69, 9.17) is 33.2 Å². The smallest absolute Gasteiger partial charge is 0.341 e. The minimum absolute atomic E-state index is 0.0353. The third-order valence-electron chi connectivity index (χ3n) is 9.63. The summed E-state index contributed by atoms with van der Waals surface area (Å²) in [6.45, 7) is 7.90. The lowest BCUT2D eigenvalue weighted by Gasteiger charge is -2.51. The monoisotopic (exact) mass is 768 g/mol. The van der Waals surface area contributed by atoms with Crippen LogP contribution in [0.25, 0.3) is 11.1 Å². The molecule has 1 saturated heterocycles. The van der Waals surface area contributed by atoms with Crippen molar-refractivity contribution >= 4 is 23.9 Å². The topological polar surface area (TPSA) is 173 Å². The Morgan fingerprint density at radius 3 is 2.47 bits per heavy atom. The summed E-state index contributed by atoms with van der Waals surface area (Å²) in [5.41, 5.74) is 0.0493. The van der Waals surface area contributed by atoms with E-state index in [9.17, 15) is 29.4 Å². The predicted octanol–water partition coefficient (Wildman–Crippen LogP) is 6.25. The molecule has 302 valence electrons. The van der Waals surface area contributed by atoms with Crippen molar-refractivity contribution in [1.29, 1.82) is 0 Å². The van der Waals surface area contributed by atoms with E-state index in [1.165, 1.54) is 7.11 Å². The highest BCUT2D eigenvalue weighted by molar-refractivity contribution is 5.94. The lowest BCUT2D eigenvalue weighted by atomic mass is 9.75. The molecule has 13 nitrogen and oxygen atoms in total. The molecule has 1 fully saturated rings.